The van der Waals surface area contributed by atoms with E-state index in [4.69, 9.17) is 9.47 Å². The van der Waals surface area contributed by atoms with Crippen LogP contribution < -0.4 is 0 Å². The summed E-state index contributed by atoms with van der Waals surface area (Å²) < 4.78 is 13.2. The summed E-state index contributed by atoms with van der Waals surface area (Å²) in [5.41, 5.74) is 2.75. The first-order valence-corrected chi connectivity index (χ1v) is 8.23. The molecule has 0 saturated carbocycles. The number of hydrogen-bond donors (Lipinski definition) is 0. The zero-order chi connectivity index (χ0) is 15.7. The van der Waals surface area contributed by atoms with Crippen LogP contribution in [0.15, 0.2) is 0 Å². The van der Waals surface area contributed by atoms with Crippen molar-refractivity contribution in [1.29, 1.82) is 0 Å². The Morgan fingerprint density at radius 1 is 1.32 bits per heavy atom. The number of carbonyl (C=O) groups is 1. The van der Waals surface area contributed by atoms with Crippen LogP contribution in [-0.4, -0.2) is 53.0 Å². The lowest BCUT2D eigenvalue weighted by atomic mass is 9.99. The Bertz CT molecular complexity index is 547. The van der Waals surface area contributed by atoms with E-state index < -0.39 is 0 Å². The summed E-state index contributed by atoms with van der Waals surface area (Å²) in [5, 5.41) is 4.64. The first-order valence-electron chi connectivity index (χ1n) is 8.23. The molecular weight excluding hydrogens is 282 g/mol. The number of nitrogens with zero attached hydrogens (tertiary/aromatic N) is 3. The van der Waals surface area contributed by atoms with Crippen LogP contribution >= 0.6 is 0 Å². The molecule has 0 aromatic carbocycles. The van der Waals surface area contributed by atoms with Gasteiger partial charge in [0.1, 0.15) is 5.69 Å². The van der Waals surface area contributed by atoms with Crippen LogP contribution in [0, 0.1) is 0 Å². The second-order valence-electron chi connectivity index (χ2n) is 6.08. The van der Waals surface area contributed by atoms with Crippen LogP contribution in [0.2, 0.25) is 0 Å². The van der Waals surface area contributed by atoms with Gasteiger partial charge in [0.15, 0.2) is 0 Å². The SMILES string of the molecule is CCn1nc2c(c1C(=O)N1CCCOCC1)C[C@H](C)O[C@@H]2C. The van der Waals surface area contributed by atoms with Gasteiger partial charge in [0.05, 0.1) is 24.5 Å². The molecule has 2 aliphatic heterocycles. The minimum atomic E-state index is -0.0504. The van der Waals surface area contributed by atoms with E-state index in [-0.39, 0.29) is 18.1 Å². The molecule has 0 N–H and O–H groups in total. The van der Waals surface area contributed by atoms with Crippen molar-refractivity contribution in [2.75, 3.05) is 26.3 Å². The van der Waals surface area contributed by atoms with Crippen LogP contribution in [0.25, 0.3) is 0 Å². The van der Waals surface area contributed by atoms with Gasteiger partial charge in [-0.1, -0.05) is 0 Å². The number of rotatable bonds is 2. The van der Waals surface area contributed by atoms with Gasteiger partial charge in [-0.2, -0.15) is 5.10 Å². The molecule has 3 rings (SSSR count). The molecule has 1 amide bonds. The third-order valence-electron chi connectivity index (χ3n) is 4.41. The van der Waals surface area contributed by atoms with Crippen LogP contribution in [0.1, 0.15) is 55.0 Å². The third kappa shape index (κ3) is 2.77. The van der Waals surface area contributed by atoms with Crippen molar-refractivity contribution < 1.29 is 14.3 Å². The predicted molar refractivity (Wildman–Crippen MR) is 81.9 cm³/mol. The molecule has 6 nitrogen and oxygen atoms in total. The summed E-state index contributed by atoms with van der Waals surface area (Å²) >= 11 is 0. The first-order chi connectivity index (χ1) is 10.6. The number of aromatic nitrogens is 2. The summed E-state index contributed by atoms with van der Waals surface area (Å²) in [6, 6.07) is 0. The van der Waals surface area contributed by atoms with Crippen LogP contribution in [0.4, 0.5) is 0 Å². The molecular formula is C16H25N3O3. The first kappa shape index (κ1) is 15.5. The number of aryl methyl sites for hydroxylation is 1. The highest BCUT2D eigenvalue weighted by molar-refractivity contribution is 5.94. The van der Waals surface area contributed by atoms with Gasteiger partial charge in [-0.15, -0.1) is 0 Å². The zero-order valence-corrected chi connectivity index (χ0v) is 13.7. The molecule has 1 fully saturated rings. The summed E-state index contributed by atoms with van der Waals surface area (Å²) in [6.07, 6.45) is 1.72. The van der Waals surface area contributed by atoms with Gasteiger partial charge in [-0.3, -0.25) is 9.48 Å². The Labute approximate surface area is 131 Å². The Balaban J connectivity index is 1.96. The van der Waals surface area contributed by atoms with Gasteiger partial charge < -0.3 is 14.4 Å². The lowest BCUT2D eigenvalue weighted by Gasteiger charge is -2.26. The van der Waals surface area contributed by atoms with Gasteiger partial charge in [-0.25, -0.2) is 0 Å². The number of amides is 1. The van der Waals surface area contributed by atoms with Crippen molar-refractivity contribution in [3.63, 3.8) is 0 Å². The second-order valence-corrected chi connectivity index (χ2v) is 6.08. The van der Waals surface area contributed by atoms with E-state index in [0.717, 1.165) is 42.9 Å². The van der Waals surface area contributed by atoms with E-state index >= 15 is 0 Å². The molecule has 1 aromatic heterocycles. The van der Waals surface area contributed by atoms with Crippen molar-refractivity contribution in [3.8, 4) is 0 Å². The van der Waals surface area contributed by atoms with Crippen molar-refractivity contribution in [3.05, 3.63) is 17.0 Å². The van der Waals surface area contributed by atoms with Crippen LogP contribution in [0.3, 0.4) is 0 Å². The quantitative estimate of drug-likeness (QED) is 0.836. The van der Waals surface area contributed by atoms with Gasteiger partial charge in [0, 0.05) is 38.2 Å². The highest BCUT2D eigenvalue weighted by atomic mass is 16.5. The molecule has 0 aliphatic carbocycles. The molecule has 2 atom stereocenters. The fraction of sp³-hybridized carbons (Fsp3) is 0.750. The Kier molecular flexibility index (Phi) is 4.49. The third-order valence-corrected chi connectivity index (χ3v) is 4.41. The largest absolute Gasteiger partial charge is 0.380 e. The van der Waals surface area contributed by atoms with E-state index in [2.05, 4.69) is 12.0 Å². The molecule has 22 heavy (non-hydrogen) atoms. The van der Waals surface area contributed by atoms with Gasteiger partial charge in [0.25, 0.3) is 5.91 Å². The monoisotopic (exact) mass is 307 g/mol. The molecule has 3 heterocycles. The molecule has 1 saturated heterocycles. The van der Waals surface area contributed by atoms with Gasteiger partial charge in [-0.05, 0) is 27.2 Å². The van der Waals surface area contributed by atoms with Crippen molar-refractivity contribution in [2.24, 2.45) is 0 Å². The van der Waals surface area contributed by atoms with E-state index in [1.165, 1.54) is 0 Å². The van der Waals surface area contributed by atoms with Crippen LogP contribution in [-0.2, 0) is 22.4 Å². The molecule has 0 radical (unpaired) electrons. The second kappa shape index (κ2) is 6.38. The maximum atomic E-state index is 13.0. The average molecular weight is 307 g/mol. The number of carbonyl (C=O) groups excluding carboxylic acids is 1. The summed E-state index contributed by atoms with van der Waals surface area (Å²) in [5.74, 6) is 0.0856. The Hall–Kier alpha value is -1.40. The van der Waals surface area contributed by atoms with E-state index in [1.54, 1.807) is 0 Å². The Morgan fingerprint density at radius 3 is 2.91 bits per heavy atom. The minimum Gasteiger partial charge on any atom is -0.380 e. The summed E-state index contributed by atoms with van der Waals surface area (Å²) in [7, 11) is 0. The fourth-order valence-electron chi connectivity index (χ4n) is 3.36. The molecule has 0 unspecified atom stereocenters. The fourth-order valence-corrected chi connectivity index (χ4v) is 3.36. The highest BCUT2D eigenvalue weighted by Crippen LogP contribution is 2.32. The van der Waals surface area contributed by atoms with E-state index in [9.17, 15) is 4.79 Å². The molecule has 2 aliphatic rings. The lowest BCUT2D eigenvalue weighted by Crippen LogP contribution is -2.35. The lowest BCUT2D eigenvalue weighted by molar-refractivity contribution is -0.00716. The average Bonchev–Trinajstić information content (AvgIpc) is 2.68. The van der Waals surface area contributed by atoms with Crippen molar-refractivity contribution in [2.45, 2.75) is 52.4 Å². The molecule has 0 spiro atoms. The Morgan fingerprint density at radius 2 is 2.14 bits per heavy atom. The number of hydrogen-bond acceptors (Lipinski definition) is 4. The van der Waals surface area contributed by atoms with Crippen molar-refractivity contribution >= 4 is 5.91 Å². The molecule has 0 bridgehead atoms. The normalized spacial score (nSPS) is 25.7. The smallest absolute Gasteiger partial charge is 0.272 e. The summed E-state index contributed by atoms with van der Waals surface area (Å²) in [6.45, 7) is 9.54. The van der Waals surface area contributed by atoms with E-state index in [1.807, 2.05) is 23.4 Å². The standard InChI is InChI=1S/C16H25N3O3/c1-4-19-15(16(20)18-6-5-8-21-9-7-18)13-10-11(2)22-12(3)14(13)17-19/h11-12H,4-10H2,1-3H3/t11-,12+/m0/s1. The van der Waals surface area contributed by atoms with Crippen LogP contribution in [0.5, 0.6) is 0 Å². The van der Waals surface area contributed by atoms with E-state index in [0.29, 0.717) is 19.7 Å². The predicted octanol–water partition coefficient (Wildman–Crippen LogP) is 1.79. The van der Waals surface area contributed by atoms with Gasteiger partial charge >= 0.3 is 0 Å². The number of ether oxygens (including phenoxy) is 2. The highest BCUT2D eigenvalue weighted by Gasteiger charge is 2.33. The maximum absolute atomic E-state index is 13.0. The molecule has 122 valence electrons. The molecule has 1 aromatic rings. The van der Waals surface area contributed by atoms with Crippen molar-refractivity contribution in [1.82, 2.24) is 14.7 Å². The molecule has 6 heteroatoms. The zero-order valence-electron chi connectivity index (χ0n) is 13.7. The maximum Gasteiger partial charge on any atom is 0.272 e. The minimum absolute atomic E-state index is 0.0504. The van der Waals surface area contributed by atoms with Gasteiger partial charge in [0.2, 0.25) is 0 Å². The summed E-state index contributed by atoms with van der Waals surface area (Å²) in [4.78, 5) is 15.0. The topological polar surface area (TPSA) is 56.6 Å². The number of fused-ring (bicyclic) bond motifs is 1.